The second-order valence-corrected chi connectivity index (χ2v) is 8.67. The molecular weight excluding hydrogens is 372 g/mol. The zero-order chi connectivity index (χ0) is 21.6. The summed E-state index contributed by atoms with van der Waals surface area (Å²) in [4.78, 5) is 53.3. The largest absolute Gasteiger partial charge is 0.341 e. The molecule has 0 aromatic carbocycles. The highest BCUT2D eigenvalue weighted by molar-refractivity contribution is 5.92. The van der Waals surface area contributed by atoms with Crippen molar-refractivity contribution in [1.29, 1.82) is 0 Å². The molecule has 2 N–H and O–H groups in total. The molecule has 2 heterocycles. The Bertz CT molecular complexity index is 609. The third-order valence-electron chi connectivity index (χ3n) is 6.06. The van der Waals surface area contributed by atoms with Crippen LogP contribution in [0.3, 0.4) is 0 Å². The van der Waals surface area contributed by atoms with E-state index in [-0.39, 0.29) is 30.3 Å². The minimum Gasteiger partial charge on any atom is -0.341 e. The fourth-order valence-corrected chi connectivity index (χ4v) is 4.13. The minimum atomic E-state index is -0.837. The van der Waals surface area contributed by atoms with Crippen LogP contribution in [-0.4, -0.2) is 78.1 Å². The van der Waals surface area contributed by atoms with Gasteiger partial charge in [0, 0.05) is 25.6 Å². The quantitative estimate of drug-likeness (QED) is 0.576. The number of hydrogen-bond donors (Lipinski definition) is 2. The van der Waals surface area contributed by atoms with Crippen molar-refractivity contribution in [3.05, 3.63) is 0 Å². The maximum absolute atomic E-state index is 13.3. The summed E-state index contributed by atoms with van der Waals surface area (Å²) in [5.41, 5.74) is 0. The van der Waals surface area contributed by atoms with Gasteiger partial charge in [-0.15, -0.1) is 0 Å². The molecule has 2 rings (SSSR count). The van der Waals surface area contributed by atoms with Crippen LogP contribution in [0.4, 0.5) is 0 Å². The van der Waals surface area contributed by atoms with Gasteiger partial charge < -0.3 is 25.2 Å². The molecule has 0 radical (unpaired) electrons. The van der Waals surface area contributed by atoms with E-state index in [4.69, 9.17) is 0 Å². The van der Waals surface area contributed by atoms with Crippen molar-refractivity contribution >= 4 is 24.0 Å². The highest BCUT2D eigenvalue weighted by Crippen LogP contribution is 2.28. The van der Waals surface area contributed by atoms with Crippen LogP contribution in [0, 0.1) is 5.92 Å². The normalized spacial score (nSPS) is 26.0. The van der Waals surface area contributed by atoms with Crippen LogP contribution in [0.2, 0.25) is 0 Å². The molecule has 2 fully saturated rings. The van der Waals surface area contributed by atoms with Crippen LogP contribution in [-0.2, 0) is 19.2 Å². The van der Waals surface area contributed by atoms with Gasteiger partial charge in [0.25, 0.3) is 0 Å². The maximum Gasteiger partial charge on any atom is 0.247 e. The molecule has 8 nitrogen and oxygen atoms in total. The molecule has 0 aromatic heterocycles. The lowest BCUT2D eigenvalue weighted by Crippen LogP contribution is -2.61. The molecule has 4 atom stereocenters. The number of amides is 3. The third-order valence-corrected chi connectivity index (χ3v) is 6.06. The number of rotatable bonds is 8. The first kappa shape index (κ1) is 23.3. The molecule has 0 aromatic rings. The van der Waals surface area contributed by atoms with Crippen molar-refractivity contribution in [3.63, 3.8) is 0 Å². The first-order valence-electron chi connectivity index (χ1n) is 10.8. The van der Waals surface area contributed by atoms with Gasteiger partial charge in [-0.2, -0.15) is 0 Å². The van der Waals surface area contributed by atoms with Crippen LogP contribution >= 0.6 is 0 Å². The SMILES string of the molecule is CN[C@@H](C)C(=O)N[C@H]1CN(C(=O)CCCC(C)C)CC[C@H]2CC[C@@H](C=O)N2C1=O. The average molecular weight is 409 g/mol. The van der Waals surface area contributed by atoms with Gasteiger partial charge in [0.15, 0.2) is 0 Å². The van der Waals surface area contributed by atoms with E-state index in [1.165, 1.54) is 0 Å². The average Bonchev–Trinajstić information content (AvgIpc) is 3.09. The summed E-state index contributed by atoms with van der Waals surface area (Å²) in [7, 11) is 1.67. The van der Waals surface area contributed by atoms with E-state index in [9.17, 15) is 19.2 Å². The smallest absolute Gasteiger partial charge is 0.247 e. The highest BCUT2D eigenvalue weighted by atomic mass is 16.2. The van der Waals surface area contributed by atoms with E-state index < -0.39 is 18.1 Å². The highest BCUT2D eigenvalue weighted by Gasteiger charge is 2.42. The summed E-state index contributed by atoms with van der Waals surface area (Å²) in [6.45, 7) is 6.66. The number of aldehydes is 1. The Labute approximate surface area is 173 Å². The number of likely N-dealkylation sites (N-methyl/N-ethyl adjacent to an activating group) is 1. The van der Waals surface area contributed by atoms with Crippen molar-refractivity contribution in [2.75, 3.05) is 20.1 Å². The molecule has 29 heavy (non-hydrogen) atoms. The van der Waals surface area contributed by atoms with E-state index in [2.05, 4.69) is 24.5 Å². The van der Waals surface area contributed by atoms with E-state index in [0.717, 1.165) is 25.5 Å². The maximum atomic E-state index is 13.3. The Kier molecular flexibility index (Phi) is 8.61. The first-order chi connectivity index (χ1) is 13.8. The van der Waals surface area contributed by atoms with Crippen LogP contribution in [0.15, 0.2) is 0 Å². The monoisotopic (exact) mass is 408 g/mol. The number of carbonyl (C=O) groups excluding carboxylic acids is 4. The Hall–Kier alpha value is -1.96. The minimum absolute atomic E-state index is 0.0257. The van der Waals surface area contributed by atoms with Crippen LogP contribution < -0.4 is 10.6 Å². The standard InChI is InChI=1S/C21H36N4O4/c1-14(2)6-5-7-19(27)24-11-10-16-8-9-17(13-26)25(16)21(29)18(12-24)23-20(28)15(3)22-4/h13-18,22H,5-12H2,1-4H3,(H,23,28)/t15-,16+,17-,18-/m0/s1. The Morgan fingerprint density at radius 3 is 2.55 bits per heavy atom. The zero-order valence-electron chi connectivity index (χ0n) is 18.1. The Balaban J connectivity index is 2.17. The molecular formula is C21H36N4O4. The van der Waals surface area contributed by atoms with Crippen molar-refractivity contribution in [1.82, 2.24) is 20.4 Å². The Morgan fingerprint density at radius 1 is 1.21 bits per heavy atom. The number of hydrogen-bond acceptors (Lipinski definition) is 5. The van der Waals surface area contributed by atoms with E-state index in [0.29, 0.717) is 31.7 Å². The van der Waals surface area contributed by atoms with Gasteiger partial charge >= 0.3 is 0 Å². The summed E-state index contributed by atoms with van der Waals surface area (Å²) < 4.78 is 0. The second-order valence-electron chi connectivity index (χ2n) is 8.67. The fourth-order valence-electron chi connectivity index (χ4n) is 4.13. The van der Waals surface area contributed by atoms with E-state index >= 15 is 0 Å². The molecule has 164 valence electrons. The van der Waals surface area contributed by atoms with Crippen LogP contribution in [0.5, 0.6) is 0 Å². The predicted molar refractivity (Wildman–Crippen MR) is 110 cm³/mol. The van der Waals surface area contributed by atoms with Gasteiger partial charge in [0.2, 0.25) is 17.7 Å². The number of nitrogens with zero attached hydrogens (tertiary/aromatic N) is 2. The van der Waals surface area contributed by atoms with Gasteiger partial charge in [0.05, 0.1) is 12.1 Å². The van der Waals surface area contributed by atoms with Crippen molar-refractivity contribution in [2.24, 2.45) is 5.92 Å². The summed E-state index contributed by atoms with van der Waals surface area (Å²) in [6, 6.07) is -1.80. The van der Waals surface area contributed by atoms with E-state index in [1.54, 1.807) is 23.8 Å². The third kappa shape index (κ3) is 6.01. The van der Waals surface area contributed by atoms with Crippen LogP contribution in [0.1, 0.15) is 59.3 Å². The summed E-state index contributed by atoms with van der Waals surface area (Å²) in [5.74, 6) is 0.00909. The zero-order valence-corrected chi connectivity index (χ0v) is 18.1. The summed E-state index contributed by atoms with van der Waals surface area (Å²) >= 11 is 0. The molecule has 3 amide bonds. The lowest BCUT2D eigenvalue weighted by atomic mass is 10.0. The first-order valence-corrected chi connectivity index (χ1v) is 10.8. The van der Waals surface area contributed by atoms with Gasteiger partial charge in [-0.25, -0.2) is 0 Å². The second kappa shape index (κ2) is 10.7. The van der Waals surface area contributed by atoms with Gasteiger partial charge in [-0.05, 0) is 45.6 Å². The Morgan fingerprint density at radius 2 is 1.93 bits per heavy atom. The summed E-state index contributed by atoms with van der Waals surface area (Å²) in [6.07, 6.45) is 5.12. The van der Waals surface area contributed by atoms with Gasteiger partial charge in [-0.3, -0.25) is 14.4 Å². The summed E-state index contributed by atoms with van der Waals surface area (Å²) in [5, 5.41) is 5.66. The van der Waals surface area contributed by atoms with Gasteiger partial charge in [-0.1, -0.05) is 20.3 Å². The molecule has 0 aliphatic carbocycles. The molecule has 0 saturated carbocycles. The molecule has 2 aliphatic rings. The van der Waals surface area contributed by atoms with Crippen molar-refractivity contribution in [2.45, 2.75) is 83.5 Å². The fraction of sp³-hybridized carbons (Fsp3) is 0.810. The number of carbonyl (C=O) groups is 4. The molecule has 0 unspecified atom stereocenters. The number of fused-ring (bicyclic) bond motifs is 1. The van der Waals surface area contributed by atoms with E-state index in [1.807, 2.05) is 0 Å². The van der Waals surface area contributed by atoms with Crippen LogP contribution in [0.25, 0.3) is 0 Å². The van der Waals surface area contributed by atoms with Crippen molar-refractivity contribution in [3.8, 4) is 0 Å². The molecule has 2 saturated heterocycles. The number of nitrogens with one attached hydrogen (secondary N) is 2. The topological polar surface area (TPSA) is 98.8 Å². The van der Waals surface area contributed by atoms with Crippen molar-refractivity contribution < 1.29 is 19.2 Å². The lowest BCUT2D eigenvalue weighted by molar-refractivity contribution is -0.145. The lowest BCUT2D eigenvalue weighted by Gasteiger charge is -2.38. The molecule has 8 heteroatoms. The molecule has 0 spiro atoms. The van der Waals surface area contributed by atoms with Gasteiger partial charge in [0.1, 0.15) is 12.3 Å². The molecule has 0 bridgehead atoms. The molecule has 2 aliphatic heterocycles. The predicted octanol–water partition coefficient (Wildman–Crippen LogP) is 0.696.